The first-order chi connectivity index (χ1) is 10.6. The van der Waals surface area contributed by atoms with E-state index < -0.39 is 23.2 Å². The summed E-state index contributed by atoms with van der Waals surface area (Å²) in [5.41, 5.74) is -0.441. The fraction of sp³-hybridized carbons (Fsp3) is 0.533. The molecule has 0 atom stereocenters. The lowest BCUT2D eigenvalue weighted by molar-refractivity contribution is -0.137. The summed E-state index contributed by atoms with van der Waals surface area (Å²) < 4.78 is 26.5. The lowest BCUT2D eigenvalue weighted by Crippen LogP contribution is -2.55. The molecule has 0 unspecified atom stereocenters. The van der Waals surface area contributed by atoms with Gasteiger partial charge in [0.2, 0.25) is 5.91 Å². The topological polar surface area (TPSA) is 53.5 Å². The van der Waals surface area contributed by atoms with E-state index in [0.29, 0.717) is 19.2 Å². The normalized spacial score (nSPS) is 19.8. The maximum atomic E-state index is 13.6. The molecule has 2 aliphatic rings. The minimum Gasteiger partial charge on any atom is -0.336 e. The number of rotatable bonds is 2. The van der Waals surface area contributed by atoms with E-state index in [4.69, 9.17) is 0 Å². The van der Waals surface area contributed by atoms with Crippen LogP contribution in [-0.4, -0.2) is 52.3 Å². The molecule has 1 aromatic heterocycles. The molecular weight excluding hydrogens is 292 g/mol. The van der Waals surface area contributed by atoms with Gasteiger partial charge in [0.1, 0.15) is 12.4 Å². The number of carbonyl (C=O) groups is 2. The third-order valence-electron chi connectivity index (χ3n) is 4.32. The molecule has 1 saturated carbocycles. The highest BCUT2D eigenvalue weighted by atomic mass is 19.1. The van der Waals surface area contributed by atoms with Crippen LogP contribution in [0.4, 0.5) is 8.78 Å². The van der Waals surface area contributed by atoms with Gasteiger partial charge in [-0.2, -0.15) is 0 Å². The monoisotopic (exact) mass is 309 g/mol. The Kier molecular flexibility index (Phi) is 4.04. The third-order valence-corrected chi connectivity index (χ3v) is 4.32. The fourth-order valence-electron chi connectivity index (χ4n) is 3.18. The van der Waals surface area contributed by atoms with E-state index in [9.17, 15) is 18.4 Å². The van der Waals surface area contributed by atoms with Gasteiger partial charge in [0.15, 0.2) is 11.5 Å². The van der Waals surface area contributed by atoms with Crippen molar-refractivity contribution in [1.29, 1.82) is 0 Å². The molecule has 118 valence electrons. The van der Waals surface area contributed by atoms with Crippen molar-refractivity contribution in [1.82, 2.24) is 14.8 Å². The Balaban J connectivity index is 1.69. The molecule has 1 aromatic rings. The van der Waals surface area contributed by atoms with Crippen molar-refractivity contribution >= 4 is 11.8 Å². The summed E-state index contributed by atoms with van der Waals surface area (Å²) in [7, 11) is 0. The zero-order valence-electron chi connectivity index (χ0n) is 12.1. The molecule has 5 nitrogen and oxygen atoms in total. The Hall–Kier alpha value is -2.05. The van der Waals surface area contributed by atoms with Gasteiger partial charge >= 0.3 is 0 Å². The highest BCUT2D eigenvalue weighted by molar-refractivity contribution is 5.95. The van der Waals surface area contributed by atoms with Crippen molar-refractivity contribution in [3.8, 4) is 0 Å². The summed E-state index contributed by atoms with van der Waals surface area (Å²) in [4.78, 5) is 31.1. The highest BCUT2D eigenvalue weighted by Gasteiger charge is 2.34. The summed E-state index contributed by atoms with van der Waals surface area (Å²) in [6, 6.07) is 0.891. The SMILES string of the molecule is O=C(c1ncc(F)cc1F)N1CCN(C2CCCC2)C(=O)C1. The van der Waals surface area contributed by atoms with Crippen molar-refractivity contribution in [2.75, 3.05) is 19.6 Å². The number of hydrogen-bond acceptors (Lipinski definition) is 3. The van der Waals surface area contributed by atoms with Crippen LogP contribution >= 0.6 is 0 Å². The van der Waals surface area contributed by atoms with Crippen LogP contribution in [0, 0.1) is 11.6 Å². The van der Waals surface area contributed by atoms with Gasteiger partial charge in [-0.3, -0.25) is 9.59 Å². The van der Waals surface area contributed by atoms with E-state index >= 15 is 0 Å². The Morgan fingerprint density at radius 2 is 1.95 bits per heavy atom. The van der Waals surface area contributed by atoms with Crippen LogP contribution < -0.4 is 0 Å². The predicted molar refractivity (Wildman–Crippen MR) is 74.0 cm³/mol. The minimum absolute atomic E-state index is 0.0756. The molecule has 1 aliphatic heterocycles. The zero-order valence-corrected chi connectivity index (χ0v) is 12.1. The summed E-state index contributed by atoms with van der Waals surface area (Å²) in [5.74, 6) is -2.63. The van der Waals surface area contributed by atoms with E-state index in [0.717, 1.165) is 31.9 Å². The van der Waals surface area contributed by atoms with Gasteiger partial charge in [0.25, 0.3) is 5.91 Å². The van der Waals surface area contributed by atoms with Crippen LogP contribution in [0.3, 0.4) is 0 Å². The number of amides is 2. The van der Waals surface area contributed by atoms with Gasteiger partial charge in [-0.15, -0.1) is 0 Å². The fourth-order valence-corrected chi connectivity index (χ4v) is 3.18. The van der Waals surface area contributed by atoms with Crippen LogP contribution in [0.5, 0.6) is 0 Å². The second-order valence-electron chi connectivity index (χ2n) is 5.74. The molecule has 2 heterocycles. The first-order valence-corrected chi connectivity index (χ1v) is 7.46. The molecule has 0 bridgehead atoms. The molecule has 1 saturated heterocycles. The minimum atomic E-state index is -1.00. The number of hydrogen-bond donors (Lipinski definition) is 0. The van der Waals surface area contributed by atoms with Gasteiger partial charge in [-0.25, -0.2) is 13.8 Å². The molecule has 22 heavy (non-hydrogen) atoms. The Labute approximate surface area is 126 Å². The van der Waals surface area contributed by atoms with Gasteiger partial charge < -0.3 is 9.80 Å². The number of pyridine rings is 1. The van der Waals surface area contributed by atoms with Crippen LogP contribution in [-0.2, 0) is 4.79 Å². The van der Waals surface area contributed by atoms with Crippen molar-refractivity contribution in [3.63, 3.8) is 0 Å². The maximum absolute atomic E-state index is 13.6. The lowest BCUT2D eigenvalue weighted by atomic mass is 10.1. The van der Waals surface area contributed by atoms with Crippen LogP contribution in [0.2, 0.25) is 0 Å². The zero-order chi connectivity index (χ0) is 15.7. The van der Waals surface area contributed by atoms with Gasteiger partial charge in [0.05, 0.1) is 6.20 Å². The molecule has 2 fully saturated rings. The molecule has 0 N–H and O–H groups in total. The first kappa shape index (κ1) is 14.9. The van der Waals surface area contributed by atoms with Crippen molar-refractivity contribution in [2.24, 2.45) is 0 Å². The molecule has 2 amide bonds. The standard InChI is InChI=1S/C15H17F2N3O2/c16-10-7-12(17)14(18-8-10)15(22)19-5-6-20(13(21)9-19)11-3-1-2-4-11/h7-8,11H,1-6,9H2. The number of piperazine rings is 1. The highest BCUT2D eigenvalue weighted by Crippen LogP contribution is 2.25. The van der Waals surface area contributed by atoms with Crippen molar-refractivity contribution in [2.45, 2.75) is 31.7 Å². The number of aromatic nitrogens is 1. The summed E-state index contributed by atoms with van der Waals surface area (Å²) in [6.07, 6.45) is 5.07. The summed E-state index contributed by atoms with van der Waals surface area (Å²) in [5, 5.41) is 0. The van der Waals surface area contributed by atoms with E-state index in [2.05, 4.69) is 4.98 Å². The van der Waals surface area contributed by atoms with Crippen molar-refractivity contribution in [3.05, 3.63) is 29.6 Å². The van der Waals surface area contributed by atoms with E-state index in [1.165, 1.54) is 4.90 Å². The lowest BCUT2D eigenvalue weighted by Gasteiger charge is -2.37. The van der Waals surface area contributed by atoms with Crippen LogP contribution in [0.15, 0.2) is 12.3 Å². The number of halogens is 2. The summed E-state index contributed by atoms with van der Waals surface area (Å²) in [6.45, 7) is 0.728. The number of nitrogens with zero attached hydrogens (tertiary/aromatic N) is 3. The molecule has 1 aliphatic carbocycles. The van der Waals surface area contributed by atoms with E-state index in [1.54, 1.807) is 0 Å². The van der Waals surface area contributed by atoms with Crippen molar-refractivity contribution < 1.29 is 18.4 Å². The third kappa shape index (κ3) is 2.80. The van der Waals surface area contributed by atoms with E-state index in [1.807, 2.05) is 4.90 Å². The second kappa shape index (κ2) is 5.98. The average molecular weight is 309 g/mol. The number of carbonyl (C=O) groups excluding carboxylic acids is 2. The average Bonchev–Trinajstić information content (AvgIpc) is 3.00. The van der Waals surface area contributed by atoms with Gasteiger partial charge in [0, 0.05) is 25.2 Å². The largest absolute Gasteiger partial charge is 0.336 e. The van der Waals surface area contributed by atoms with Crippen LogP contribution in [0.1, 0.15) is 36.2 Å². The second-order valence-corrected chi connectivity index (χ2v) is 5.74. The van der Waals surface area contributed by atoms with Crippen LogP contribution in [0.25, 0.3) is 0 Å². The van der Waals surface area contributed by atoms with E-state index in [-0.39, 0.29) is 18.5 Å². The quantitative estimate of drug-likeness (QED) is 0.833. The first-order valence-electron chi connectivity index (χ1n) is 7.46. The Bertz CT molecular complexity index is 602. The molecule has 0 radical (unpaired) electrons. The molecule has 0 aromatic carbocycles. The molecule has 3 rings (SSSR count). The molecule has 7 heteroatoms. The molecular formula is C15H17F2N3O2. The maximum Gasteiger partial charge on any atom is 0.276 e. The van der Waals surface area contributed by atoms with Gasteiger partial charge in [-0.1, -0.05) is 12.8 Å². The smallest absolute Gasteiger partial charge is 0.276 e. The van der Waals surface area contributed by atoms with Gasteiger partial charge in [-0.05, 0) is 12.8 Å². The molecule has 0 spiro atoms. The Morgan fingerprint density at radius 3 is 2.59 bits per heavy atom. The summed E-state index contributed by atoms with van der Waals surface area (Å²) >= 11 is 0. The Morgan fingerprint density at radius 1 is 1.23 bits per heavy atom. The predicted octanol–water partition coefficient (Wildman–Crippen LogP) is 1.59.